The zero-order valence-corrected chi connectivity index (χ0v) is 9.67. The van der Waals surface area contributed by atoms with Crippen LogP contribution in [0, 0.1) is 5.82 Å². The van der Waals surface area contributed by atoms with Crippen molar-refractivity contribution >= 4 is 17.8 Å². The van der Waals surface area contributed by atoms with Crippen LogP contribution in [0.2, 0.25) is 5.28 Å². The number of oxime groups is 1. The molecule has 1 aromatic carbocycles. The standard InChI is InChI=1S/C11H7ClFN3O2/c12-11-14-6-9(13)10(16-11)18-8-3-1-2-7(4-8)5-15-17/h1-6,17H/b15-5+. The molecule has 1 aromatic heterocycles. The molecule has 0 unspecified atom stereocenters. The first-order chi connectivity index (χ1) is 8.69. The molecule has 0 amide bonds. The first kappa shape index (κ1) is 12.3. The van der Waals surface area contributed by atoms with Gasteiger partial charge >= 0.3 is 0 Å². The van der Waals surface area contributed by atoms with Gasteiger partial charge in [0.25, 0.3) is 5.88 Å². The summed E-state index contributed by atoms with van der Waals surface area (Å²) in [5.74, 6) is -0.658. The molecule has 92 valence electrons. The quantitative estimate of drug-likeness (QED) is 0.402. The van der Waals surface area contributed by atoms with Gasteiger partial charge in [-0.2, -0.15) is 9.37 Å². The fraction of sp³-hybridized carbons (Fsp3) is 0. The fourth-order valence-corrected chi connectivity index (χ4v) is 1.36. The van der Waals surface area contributed by atoms with Crippen molar-refractivity contribution in [2.24, 2.45) is 5.16 Å². The van der Waals surface area contributed by atoms with Gasteiger partial charge < -0.3 is 9.94 Å². The lowest BCUT2D eigenvalue weighted by molar-refractivity contribution is 0.322. The van der Waals surface area contributed by atoms with Gasteiger partial charge in [-0.05, 0) is 29.3 Å². The Kier molecular flexibility index (Phi) is 3.69. The molecule has 5 nitrogen and oxygen atoms in total. The van der Waals surface area contributed by atoms with Gasteiger partial charge in [0.15, 0.2) is 0 Å². The highest BCUT2D eigenvalue weighted by Gasteiger charge is 2.08. The highest BCUT2D eigenvalue weighted by Crippen LogP contribution is 2.23. The van der Waals surface area contributed by atoms with E-state index in [2.05, 4.69) is 15.1 Å². The van der Waals surface area contributed by atoms with Gasteiger partial charge in [-0.25, -0.2) is 4.98 Å². The third kappa shape index (κ3) is 2.92. The second kappa shape index (κ2) is 5.42. The van der Waals surface area contributed by atoms with E-state index in [-0.39, 0.29) is 11.2 Å². The Morgan fingerprint density at radius 1 is 1.44 bits per heavy atom. The predicted molar refractivity (Wildman–Crippen MR) is 62.9 cm³/mol. The molecular formula is C11H7ClFN3O2. The first-order valence-corrected chi connectivity index (χ1v) is 5.20. The summed E-state index contributed by atoms with van der Waals surface area (Å²) < 4.78 is 18.6. The molecular weight excluding hydrogens is 261 g/mol. The van der Waals surface area contributed by atoms with Crippen molar-refractivity contribution in [3.05, 3.63) is 47.1 Å². The van der Waals surface area contributed by atoms with Crippen molar-refractivity contribution in [3.8, 4) is 11.6 Å². The van der Waals surface area contributed by atoms with Crippen LogP contribution in [-0.2, 0) is 0 Å². The van der Waals surface area contributed by atoms with E-state index in [9.17, 15) is 4.39 Å². The summed E-state index contributed by atoms with van der Waals surface area (Å²) in [5, 5.41) is 11.2. The Bertz CT molecular complexity index is 592. The van der Waals surface area contributed by atoms with E-state index in [0.717, 1.165) is 6.20 Å². The molecule has 0 saturated carbocycles. The third-order valence-electron chi connectivity index (χ3n) is 1.96. The van der Waals surface area contributed by atoms with Crippen molar-refractivity contribution < 1.29 is 14.3 Å². The SMILES string of the molecule is O/N=C/c1cccc(Oc2nc(Cl)ncc2F)c1. The zero-order chi connectivity index (χ0) is 13.0. The molecule has 2 aromatic rings. The third-order valence-corrected chi connectivity index (χ3v) is 2.14. The van der Waals surface area contributed by atoms with Gasteiger partial charge in [0.2, 0.25) is 11.1 Å². The molecule has 0 spiro atoms. The van der Waals surface area contributed by atoms with E-state index in [4.69, 9.17) is 21.5 Å². The molecule has 7 heteroatoms. The average molecular weight is 268 g/mol. The van der Waals surface area contributed by atoms with Crippen LogP contribution in [0.5, 0.6) is 11.6 Å². The van der Waals surface area contributed by atoms with Crippen molar-refractivity contribution in [2.45, 2.75) is 0 Å². The normalized spacial score (nSPS) is 10.8. The lowest BCUT2D eigenvalue weighted by Gasteiger charge is -2.05. The first-order valence-electron chi connectivity index (χ1n) is 4.82. The molecule has 1 heterocycles. The highest BCUT2D eigenvalue weighted by molar-refractivity contribution is 6.28. The van der Waals surface area contributed by atoms with Crippen LogP contribution in [-0.4, -0.2) is 21.4 Å². The molecule has 0 atom stereocenters. The van der Waals surface area contributed by atoms with Gasteiger partial charge in [-0.1, -0.05) is 17.3 Å². The average Bonchev–Trinajstić information content (AvgIpc) is 2.35. The van der Waals surface area contributed by atoms with Gasteiger partial charge in [-0.3, -0.25) is 0 Å². The van der Waals surface area contributed by atoms with Crippen molar-refractivity contribution in [1.82, 2.24) is 9.97 Å². The lowest BCUT2D eigenvalue weighted by Crippen LogP contribution is -1.95. The van der Waals surface area contributed by atoms with Crippen LogP contribution in [0.3, 0.4) is 0 Å². The molecule has 2 rings (SSSR count). The van der Waals surface area contributed by atoms with Crippen LogP contribution in [0.4, 0.5) is 4.39 Å². The number of nitrogens with zero attached hydrogens (tertiary/aromatic N) is 3. The maximum atomic E-state index is 13.3. The maximum absolute atomic E-state index is 13.3. The van der Waals surface area contributed by atoms with Crippen molar-refractivity contribution in [1.29, 1.82) is 0 Å². The topological polar surface area (TPSA) is 67.6 Å². The van der Waals surface area contributed by atoms with Gasteiger partial charge in [0.1, 0.15) is 5.75 Å². The van der Waals surface area contributed by atoms with Gasteiger partial charge in [-0.15, -0.1) is 0 Å². The molecule has 18 heavy (non-hydrogen) atoms. The molecule has 0 radical (unpaired) electrons. The van der Waals surface area contributed by atoms with Crippen LogP contribution < -0.4 is 4.74 Å². The van der Waals surface area contributed by atoms with E-state index in [1.54, 1.807) is 24.3 Å². The zero-order valence-electron chi connectivity index (χ0n) is 8.92. The smallest absolute Gasteiger partial charge is 0.260 e. The second-order valence-electron chi connectivity index (χ2n) is 3.21. The lowest BCUT2D eigenvalue weighted by atomic mass is 10.2. The van der Waals surface area contributed by atoms with E-state index >= 15 is 0 Å². The summed E-state index contributed by atoms with van der Waals surface area (Å²) in [6.45, 7) is 0. The van der Waals surface area contributed by atoms with Gasteiger partial charge in [0.05, 0.1) is 12.4 Å². The number of rotatable bonds is 3. The Morgan fingerprint density at radius 3 is 3.06 bits per heavy atom. The van der Waals surface area contributed by atoms with E-state index < -0.39 is 5.82 Å². The fourth-order valence-electron chi connectivity index (χ4n) is 1.24. The molecule has 1 N–H and O–H groups in total. The minimum absolute atomic E-state index is 0.112. The second-order valence-corrected chi connectivity index (χ2v) is 3.55. The summed E-state index contributed by atoms with van der Waals surface area (Å²) in [5.41, 5.74) is 0.593. The largest absolute Gasteiger partial charge is 0.436 e. The molecule has 0 aliphatic heterocycles. The summed E-state index contributed by atoms with van der Waals surface area (Å²) >= 11 is 5.54. The van der Waals surface area contributed by atoms with Crippen molar-refractivity contribution in [3.63, 3.8) is 0 Å². The summed E-state index contributed by atoms with van der Waals surface area (Å²) in [6, 6.07) is 6.50. The van der Waals surface area contributed by atoms with Crippen LogP contribution in [0.15, 0.2) is 35.6 Å². The minimum atomic E-state index is -0.722. The van der Waals surface area contributed by atoms with Gasteiger partial charge in [0, 0.05) is 0 Å². The predicted octanol–water partition coefficient (Wildman–Crippen LogP) is 2.87. The van der Waals surface area contributed by atoms with E-state index in [1.165, 1.54) is 6.21 Å². The Balaban J connectivity index is 2.28. The molecule has 0 fully saturated rings. The summed E-state index contributed by atoms with van der Waals surface area (Å²) in [6.07, 6.45) is 2.14. The van der Waals surface area contributed by atoms with Crippen LogP contribution in [0.25, 0.3) is 0 Å². The summed E-state index contributed by atoms with van der Waals surface area (Å²) in [7, 11) is 0. The number of aromatic nitrogens is 2. The number of ether oxygens (including phenoxy) is 1. The number of benzene rings is 1. The molecule has 0 aliphatic rings. The van der Waals surface area contributed by atoms with Crippen molar-refractivity contribution in [2.75, 3.05) is 0 Å². The maximum Gasteiger partial charge on any atom is 0.260 e. The molecule has 0 aliphatic carbocycles. The highest BCUT2D eigenvalue weighted by atomic mass is 35.5. The Labute approximate surface area is 107 Å². The Hall–Kier alpha value is -2.21. The number of hydrogen-bond acceptors (Lipinski definition) is 5. The molecule has 0 saturated heterocycles. The van der Waals surface area contributed by atoms with Crippen LogP contribution >= 0.6 is 11.6 Å². The van der Waals surface area contributed by atoms with E-state index in [1.807, 2.05) is 0 Å². The Morgan fingerprint density at radius 2 is 2.28 bits per heavy atom. The van der Waals surface area contributed by atoms with E-state index in [0.29, 0.717) is 11.3 Å². The number of halogens is 2. The summed E-state index contributed by atoms with van der Waals surface area (Å²) in [4.78, 5) is 7.09. The minimum Gasteiger partial charge on any atom is -0.436 e. The molecule has 0 bridgehead atoms. The number of hydrogen-bond donors (Lipinski definition) is 1. The monoisotopic (exact) mass is 267 g/mol. The van der Waals surface area contributed by atoms with Crippen LogP contribution in [0.1, 0.15) is 5.56 Å².